The van der Waals surface area contributed by atoms with Crippen LogP contribution < -0.4 is 5.76 Å². The van der Waals surface area contributed by atoms with Crippen molar-refractivity contribution < 1.29 is 4.52 Å². The highest BCUT2D eigenvalue weighted by Gasteiger charge is 2.17. The van der Waals surface area contributed by atoms with Crippen LogP contribution in [0.2, 0.25) is 0 Å². The number of para-hydroxylation sites is 1. The molecule has 0 aliphatic rings. The molecule has 3 aromatic carbocycles. The first-order valence-corrected chi connectivity index (χ1v) is 9.11. The van der Waals surface area contributed by atoms with E-state index in [1.54, 1.807) is 4.57 Å². The van der Waals surface area contributed by atoms with Gasteiger partial charge < -0.3 is 0 Å². The molecule has 0 unspecified atom stereocenters. The van der Waals surface area contributed by atoms with E-state index in [4.69, 9.17) is 9.51 Å². The highest BCUT2D eigenvalue weighted by atomic mass is 16.5. The molecule has 0 spiro atoms. The van der Waals surface area contributed by atoms with Gasteiger partial charge in [-0.25, -0.2) is 4.79 Å². The third-order valence-electron chi connectivity index (χ3n) is 5.07. The van der Waals surface area contributed by atoms with Gasteiger partial charge in [-0.3, -0.25) is 14.1 Å². The SMILES string of the molecule is Cc1ccccc1-c1noc(=O)n1Cc1nc2ccccc2c2ccccc12. The number of nitrogens with zero attached hydrogens (tertiary/aromatic N) is 3. The van der Waals surface area contributed by atoms with Crippen molar-refractivity contribution in [2.24, 2.45) is 0 Å². The Morgan fingerprint density at radius 2 is 1.54 bits per heavy atom. The summed E-state index contributed by atoms with van der Waals surface area (Å²) >= 11 is 0. The second-order valence-electron chi connectivity index (χ2n) is 6.79. The van der Waals surface area contributed by atoms with Crippen LogP contribution in [0.25, 0.3) is 33.1 Å². The summed E-state index contributed by atoms with van der Waals surface area (Å²) in [7, 11) is 0. The molecule has 5 nitrogen and oxygen atoms in total. The second-order valence-corrected chi connectivity index (χ2v) is 6.79. The summed E-state index contributed by atoms with van der Waals surface area (Å²) in [5, 5.41) is 7.26. The van der Waals surface area contributed by atoms with Gasteiger partial charge in [-0.1, -0.05) is 71.9 Å². The van der Waals surface area contributed by atoms with E-state index in [0.717, 1.165) is 38.5 Å². The first-order valence-electron chi connectivity index (χ1n) is 9.11. The zero-order valence-corrected chi connectivity index (χ0v) is 15.3. The molecule has 0 radical (unpaired) electrons. The van der Waals surface area contributed by atoms with Gasteiger partial charge in [0.05, 0.1) is 17.8 Å². The van der Waals surface area contributed by atoms with E-state index in [1.807, 2.05) is 67.6 Å². The van der Waals surface area contributed by atoms with Crippen LogP contribution in [-0.4, -0.2) is 14.7 Å². The highest BCUT2D eigenvalue weighted by Crippen LogP contribution is 2.27. The summed E-state index contributed by atoms with van der Waals surface area (Å²) in [6, 6.07) is 24.0. The van der Waals surface area contributed by atoms with E-state index < -0.39 is 5.76 Å². The zero-order chi connectivity index (χ0) is 19.1. The summed E-state index contributed by atoms with van der Waals surface area (Å²) in [5.74, 6) is 0.0273. The molecule has 0 amide bonds. The molecule has 0 N–H and O–H groups in total. The fraction of sp³-hybridized carbons (Fsp3) is 0.0870. The van der Waals surface area contributed by atoms with Crippen molar-refractivity contribution in [1.82, 2.24) is 14.7 Å². The first-order chi connectivity index (χ1) is 13.7. The first kappa shape index (κ1) is 16.4. The normalized spacial score (nSPS) is 11.3. The van der Waals surface area contributed by atoms with Crippen LogP contribution in [0.1, 0.15) is 11.3 Å². The average Bonchev–Trinajstić information content (AvgIpc) is 3.09. The number of rotatable bonds is 3. The summed E-state index contributed by atoms with van der Waals surface area (Å²) < 4.78 is 6.55. The fourth-order valence-corrected chi connectivity index (χ4v) is 3.67. The Bertz CT molecular complexity index is 1380. The molecule has 0 aliphatic heterocycles. The molecular weight excluding hydrogens is 350 g/mol. The maximum absolute atomic E-state index is 12.4. The molecule has 0 saturated carbocycles. The molecule has 0 fully saturated rings. The largest absolute Gasteiger partial charge is 0.442 e. The number of pyridine rings is 1. The van der Waals surface area contributed by atoms with Gasteiger partial charge in [0.15, 0.2) is 5.82 Å². The van der Waals surface area contributed by atoms with E-state index in [1.165, 1.54) is 0 Å². The average molecular weight is 367 g/mol. The Labute approximate surface area is 160 Å². The van der Waals surface area contributed by atoms with Crippen LogP contribution in [0.15, 0.2) is 82.1 Å². The van der Waals surface area contributed by atoms with Gasteiger partial charge in [-0.2, -0.15) is 0 Å². The van der Waals surface area contributed by atoms with Crippen molar-refractivity contribution in [1.29, 1.82) is 0 Å². The van der Waals surface area contributed by atoms with E-state index in [0.29, 0.717) is 5.82 Å². The van der Waals surface area contributed by atoms with E-state index in [-0.39, 0.29) is 6.54 Å². The van der Waals surface area contributed by atoms with Crippen LogP contribution in [-0.2, 0) is 6.54 Å². The van der Waals surface area contributed by atoms with Crippen LogP contribution in [0.3, 0.4) is 0 Å². The van der Waals surface area contributed by atoms with Crippen LogP contribution in [0.4, 0.5) is 0 Å². The number of fused-ring (bicyclic) bond motifs is 3. The molecule has 0 bridgehead atoms. The minimum Gasteiger partial charge on any atom is -0.295 e. The van der Waals surface area contributed by atoms with Gasteiger partial charge in [-0.05, 0) is 23.9 Å². The predicted molar refractivity (Wildman–Crippen MR) is 109 cm³/mol. The zero-order valence-electron chi connectivity index (χ0n) is 15.3. The lowest BCUT2D eigenvalue weighted by Crippen LogP contribution is -2.17. The van der Waals surface area contributed by atoms with Crippen molar-refractivity contribution in [3.63, 3.8) is 0 Å². The highest BCUT2D eigenvalue weighted by molar-refractivity contribution is 6.06. The molecular formula is C23H17N3O2. The third-order valence-corrected chi connectivity index (χ3v) is 5.07. The third kappa shape index (κ3) is 2.60. The number of aromatic nitrogens is 3. The lowest BCUT2D eigenvalue weighted by atomic mass is 10.0. The summed E-state index contributed by atoms with van der Waals surface area (Å²) in [4.78, 5) is 17.3. The molecule has 136 valence electrons. The topological polar surface area (TPSA) is 60.9 Å². The van der Waals surface area contributed by atoms with Crippen molar-refractivity contribution >= 4 is 21.7 Å². The van der Waals surface area contributed by atoms with Crippen LogP contribution in [0, 0.1) is 6.92 Å². The Kier molecular flexibility index (Phi) is 3.79. The van der Waals surface area contributed by atoms with Gasteiger partial charge in [0, 0.05) is 16.3 Å². The number of hydrogen-bond acceptors (Lipinski definition) is 4. The second kappa shape index (κ2) is 6.46. The quantitative estimate of drug-likeness (QED) is 0.439. The standard InChI is InChI=1S/C23H17N3O2/c1-15-8-2-3-9-16(15)22-25-28-23(27)26(22)14-21-19-12-5-4-10-17(19)18-11-6-7-13-20(18)24-21/h2-13H,14H2,1H3. The minimum absolute atomic E-state index is 0.289. The Morgan fingerprint density at radius 1 is 0.857 bits per heavy atom. The molecule has 0 saturated heterocycles. The van der Waals surface area contributed by atoms with Crippen molar-refractivity contribution in [2.45, 2.75) is 13.5 Å². The lowest BCUT2D eigenvalue weighted by Gasteiger charge is -2.11. The molecule has 5 heteroatoms. The lowest BCUT2D eigenvalue weighted by molar-refractivity contribution is 0.378. The molecule has 2 heterocycles. The van der Waals surface area contributed by atoms with Gasteiger partial charge in [0.2, 0.25) is 0 Å². The van der Waals surface area contributed by atoms with Crippen molar-refractivity contribution in [3.8, 4) is 11.4 Å². The van der Waals surface area contributed by atoms with E-state index in [9.17, 15) is 4.79 Å². The fourth-order valence-electron chi connectivity index (χ4n) is 3.67. The number of aryl methyl sites for hydroxylation is 1. The molecule has 5 rings (SSSR count). The van der Waals surface area contributed by atoms with Gasteiger partial charge >= 0.3 is 5.76 Å². The maximum atomic E-state index is 12.4. The smallest absolute Gasteiger partial charge is 0.295 e. The Hall–Kier alpha value is -3.73. The molecule has 28 heavy (non-hydrogen) atoms. The molecule has 0 atom stereocenters. The van der Waals surface area contributed by atoms with Crippen LogP contribution >= 0.6 is 0 Å². The number of hydrogen-bond donors (Lipinski definition) is 0. The molecule has 0 aliphatic carbocycles. The van der Waals surface area contributed by atoms with Gasteiger partial charge in [-0.15, -0.1) is 0 Å². The molecule has 2 aromatic heterocycles. The van der Waals surface area contributed by atoms with E-state index in [2.05, 4.69) is 17.3 Å². The van der Waals surface area contributed by atoms with Crippen molar-refractivity contribution in [2.75, 3.05) is 0 Å². The van der Waals surface area contributed by atoms with Gasteiger partial charge in [0.1, 0.15) is 0 Å². The van der Waals surface area contributed by atoms with Crippen LogP contribution in [0.5, 0.6) is 0 Å². The summed E-state index contributed by atoms with van der Waals surface area (Å²) in [5.41, 5.74) is 3.62. The number of benzene rings is 3. The van der Waals surface area contributed by atoms with E-state index >= 15 is 0 Å². The molecule has 5 aromatic rings. The summed E-state index contributed by atoms with van der Waals surface area (Å²) in [6.07, 6.45) is 0. The Morgan fingerprint density at radius 3 is 2.36 bits per heavy atom. The summed E-state index contributed by atoms with van der Waals surface area (Å²) in [6.45, 7) is 2.28. The monoisotopic (exact) mass is 367 g/mol. The Balaban J connectivity index is 1.73. The maximum Gasteiger partial charge on any atom is 0.442 e. The van der Waals surface area contributed by atoms with Crippen molar-refractivity contribution in [3.05, 3.63) is 94.6 Å². The predicted octanol–water partition coefficient (Wildman–Crippen LogP) is 4.56. The van der Waals surface area contributed by atoms with Gasteiger partial charge in [0.25, 0.3) is 0 Å². The minimum atomic E-state index is -0.489.